The van der Waals surface area contributed by atoms with Gasteiger partial charge in [0, 0.05) is 6.20 Å². The van der Waals surface area contributed by atoms with E-state index in [1.165, 1.54) is 0 Å². The maximum Gasteiger partial charge on any atom is 0.414 e. The average molecular weight is 236 g/mol. The first kappa shape index (κ1) is 10.6. The van der Waals surface area contributed by atoms with Gasteiger partial charge in [0.25, 0.3) is 0 Å². The fraction of sp³-hybridized carbons (Fsp3) is 0.636. The highest BCUT2D eigenvalue weighted by atomic mass is 16.6. The van der Waals surface area contributed by atoms with Gasteiger partial charge in [-0.1, -0.05) is 0 Å². The van der Waals surface area contributed by atoms with Crippen molar-refractivity contribution in [3.05, 3.63) is 12.4 Å². The highest BCUT2D eigenvalue weighted by molar-refractivity contribution is 5.88. The molecule has 3 heterocycles. The third-order valence-electron chi connectivity index (χ3n) is 3.34. The number of amides is 1. The van der Waals surface area contributed by atoms with Crippen molar-refractivity contribution in [2.24, 2.45) is 0 Å². The van der Waals surface area contributed by atoms with E-state index in [4.69, 9.17) is 4.74 Å². The Kier molecular flexibility index (Phi) is 2.72. The highest BCUT2D eigenvalue weighted by Gasteiger charge is 2.25. The lowest BCUT2D eigenvalue weighted by molar-refractivity contribution is 0.181. The van der Waals surface area contributed by atoms with E-state index < -0.39 is 0 Å². The monoisotopic (exact) mass is 236 g/mol. The summed E-state index contributed by atoms with van der Waals surface area (Å²) in [5.74, 6) is 0. The summed E-state index contributed by atoms with van der Waals surface area (Å²) >= 11 is 0. The fourth-order valence-electron chi connectivity index (χ4n) is 2.37. The van der Waals surface area contributed by atoms with Gasteiger partial charge in [0.05, 0.1) is 24.5 Å². The number of carbonyl (C=O) groups excluding carboxylic acids is 1. The van der Waals surface area contributed by atoms with Gasteiger partial charge in [-0.15, -0.1) is 0 Å². The minimum absolute atomic E-state index is 0.269. The molecule has 0 spiro atoms. The average Bonchev–Trinajstić information content (AvgIpc) is 2.98. The SMILES string of the molecule is O=C1OCCN1c1cnn(C2CCNCC2)c1. The molecule has 0 unspecified atom stereocenters. The molecule has 1 aromatic rings. The van der Waals surface area contributed by atoms with Crippen molar-refractivity contribution in [1.82, 2.24) is 15.1 Å². The van der Waals surface area contributed by atoms with E-state index in [0.29, 0.717) is 19.2 Å². The Bertz CT molecular complexity index is 411. The minimum Gasteiger partial charge on any atom is -0.447 e. The van der Waals surface area contributed by atoms with E-state index >= 15 is 0 Å². The summed E-state index contributed by atoms with van der Waals surface area (Å²) in [5, 5.41) is 7.69. The van der Waals surface area contributed by atoms with Crippen LogP contribution in [0.2, 0.25) is 0 Å². The van der Waals surface area contributed by atoms with Crippen LogP contribution in [0.1, 0.15) is 18.9 Å². The fourth-order valence-corrected chi connectivity index (χ4v) is 2.37. The van der Waals surface area contributed by atoms with Gasteiger partial charge in [-0.05, 0) is 25.9 Å². The van der Waals surface area contributed by atoms with Crippen LogP contribution in [-0.4, -0.2) is 42.1 Å². The molecule has 17 heavy (non-hydrogen) atoms. The van der Waals surface area contributed by atoms with Crippen LogP contribution in [0, 0.1) is 0 Å². The van der Waals surface area contributed by atoms with E-state index in [9.17, 15) is 4.79 Å². The van der Waals surface area contributed by atoms with E-state index in [0.717, 1.165) is 31.6 Å². The Morgan fingerprint density at radius 2 is 2.24 bits per heavy atom. The second kappa shape index (κ2) is 4.37. The lowest BCUT2D eigenvalue weighted by Crippen LogP contribution is -2.29. The van der Waals surface area contributed by atoms with E-state index in [1.54, 1.807) is 11.1 Å². The van der Waals surface area contributed by atoms with E-state index in [2.05, 4.69) is 10.4 Å². The predicted octanol–water partition coefficient (Wildman–Crippen LogP) is 0.764. The summed E-state index contributed by atoms with van der Waals surface area (Å²) in [7, 11) is 0. The number of hydrogen-bond donors (Lipinski definition) is 1. The number of rotatable bonds is 2. The Balaban J connectivity index is 1.75. The molecular formula is C11H16N4O2. The predicted molar refractivity (Wildman–Crippen MR) is 62.1 cm³/mol. The van der Waals surface area contributed by atoms with E-state index in [-0.39, 0.29) is 6.09 Å². The summed E-state index contributed by atoms with van der Waals surface area (Å²) in [6.07, 6.45) is 5.60. The van der Waals surface area contributed by atoms with Crippen molar-refractivity contribution in [2.75, 3.05) is 31.1 Å². The molecule has 2 saturated heterocycles. The molecule has 92 valence electrons. The molecule has 1 N–H and O–H groups in total. The number of anilines is 1. The maximum absolute atomic E-state index is 11.4. The molecule has 6 nitrogen and oxygen atoms in total. The highest BCUT2D eigenvalue weighted by Crippen LogP contribution is 2.23. The summed E-state index contributed by atoms with van der Waals surface area (Å²) < 4.78 is 6.89. The van der Waals surface area contributed by atoms with Gasteiger partial charge in [-0.3, -0.25) is 9.58 Å². The molecule has 0 radical (unpaired) electrons. The number of cyclic esters (lactones) is 1. The molecule has 0 saturated carbocycles. The molecule has 3 rings (SSSR count). The van der Waals surface area contributed by atoms with Gasteiger partial charge in [-0.25, -0.2) is 4.79 Å². The Hall–Kier alpha value is -1.56. The second-order valence-corrected chi connectivity index (χ2v) is 4.43. The van der Waals surface area contributed by atoms with Gasteiger partial charge < -0.3 is 10.1 Å². The van der Waals surface area contributed by atoms with Crippen LogP contribution in [0.5, 0.6) is 0 Å². The molecule has 0 aliphatic carbocycles. The number of piperidine rings is 1. The van der Waals surface area contributed by atoms with Crippen LogP contribution in [-0.2, 0) is 4.74 Å². The molecule has 2 fully saturated rings. The molecule has 2 aliphatic heterocycles. The summed E-state index contributed by atoms with van der Waals surface area (Å²) in [6.45, 7) is 3.16. The van der Waals surface area contributed by atoms with Gasteiger partial charge in [-0.2, -0.15) is 5.10 Å². The first-order chi connectivity index (χ1) is 8.34. The van der Waals surface area contributed by atoms with Crippen molar-refractivity contribution in [3.8, 4) is 0 Å². The number of aromatic nitrogens is 2. The summed E-state index contributed by atoms with van der Waals surface area (Å²) in [4.78, 5) is 13.0. The maximum atomic E-state index is 11.4. The molecule has 1 aromatic heterocycles. The lowest BCUT2D eigenvalue weighted by Gasteiger charge is -2.22. The molecule has 1 amide bonds. The zero-order valence-corrected chi connectivity index (χ0v) is 9.63. The standard InChI is InChI=1S/C11H16N4O2/c16-11-14(5-6-17-11)10-7-13-15(8-10)9-1-3-12-4-2-9/h7-9,12H,1-6H2. The van der Waals surface area contributed by atoms with Crippen LogP contribution >= 0.6 is 0 Å². The number of nitrogens with zero attached hydrogens (tertiary/aromatic N) is 3. The van der Waals surface area contributed by atoms with Crippen molar-refractivity contribution >= 4 is 11.8 Å². The Morgan fingerprint density at radius 3 is 2.94 bits per heavy atom. The zero-order chi connectivity index (χ0) is 11.7. The van der Waals surface area contributed by atoms with Crippen LogP contribution in [0.15, 0.2) is 12.4 Å². The van der Waals surface area contributed by atoms with Crippen LogP contribution in [0.3, 0.4) is 0 Å². The second-order valence-electron chi connectivity index (χ2n) is 4.43. The summed E-state index contributed by atoms with van der Waals surface area (Å²) in [6, 6.07) is 0.448. The molecule has 6 heteroatoms. The minimum atomic E-state index is -0.269. The number of carbonyl (C=O) groups is 1. The quantitative estimate of drug-likeness (QED) is 0.823. The smallest absolute Gasteiger partial charge is 0.414 e. The number of hydrogen-bond acceptors (Lipinski definition) is 4. The third-order valence-corrected chi connectivity index (χ3v) is 3.34. The first-order valence-electron chi connectivity index (χ1n) is 6.04. The van der Waals surface area contributed by atoms with Gasteiger partial charge in [0.2, 0.25) is 0 Å². The van der Waals surface area contributed by atoms with Crippen LogP contribution in [0.4, 0.5) is 10.5 Å². The molecule has 2 aliphatic rings. The molecule has 0 bridgehead atoms. The third kappa shape index (κ3) is 2.00. The largest absolute Gasteiger partial charge is 0.447 e. The van der Waals surface area contributed by atoms with Crippen molar-refractivity contribution < 1.29 is 9.53 Å². The van der Waals surface area contributed by atoms with Crippen molar-refractivity contribution in [2.45, 2.75) is 18.9 Å². The van der Waals surface area contributed by atoms with Gasteiger partial charge in [0.15, 0.2) is 0 Å². The topological polar surface area (TPSA) is 59.4 Å². The Labute approximate surface area is 99.5 Å². The van der Waals surface area contributed by atoms with Crippen molar-refractivity contribution in [1.29, 1.82) is 0 Å². The number of nitrogens with one attached hydrogen (secondary N) is 1. The van der Waals surface area contributed by atoms with Crippen molar-refractivity contribution in [3.63, 3.8) is 0 Å². The van der Waals surface area contributed by atoms with Gasteiger partial charge in [0.1, 0.15) is 6.61 Å². The van der Waals surface area contributed by atoms with Crippen LogP contribution in [0.25, 0.3) is 0 Å². The molecule has 0 aromatic carbocycles. The first-order valence-corrected chi connectivity index (χ1v) is 6.04. The molecular weight excluding hydrogens is 220 g/mol. The molecule has 0 atom stereocenters. The lowest BCUT2D eigenvalue weighted by atomic mass is 10.1. The number of ether oxygens (including phenoxy) is 1. The Morgan fingerprint density at radius 1 is 1.41 bits per heavy atom. The normalized spacial score (nSPS) is 21.9. The zero-order valence-electron chi connectivity index (χ0n) is 9.63. The van der Waals surface area contributed by atoms with Crippen LogP contribution < -0.4 is 10.2 Å². The van der Waals surface area contributed by atoms with Gasteiger partial charge >= 0.3 is 6.09 Å². The van der Waals surface area contributed by atoms with E-state index in [1.807, 2.05) is 10.9 Å². The summed E-state index contributed by atoms with van der Waals surface area (Å²) in [5.41, 5.74) is 0.839.